The number of alkyl halides is 1. The number of hydrogen-bond acceptors (Lipinski definition) is 5. The second-order valence-corrected chi connectivity index (χ2v) is 5.73. The van der Waals surface area contributed by atoms with Crippen molar-refractivity contribution >= 4 is 45.0 Å². The molecule has 0 aromatic heterocycles. The van der Waals surface area contributed by atoms with Crippen molar-refractivity contribution in [3.63, 3.8) is 0 Å². The van der Waals surface area contributed by atoms with E-state index in [1.54, 1.807) is 31.4 Å². The number of cyclic esters (lactones) is 1. The van der Waals surface area contributed by atoms with Crippen molar-refractivity contribution in [2.75, 3.05) is 19.6 Å². The van der Waals surface area contributed by atoms with Crippen molar-refractivity contribution in [1.82, 2.24) is 0 Å². The molecule has 1 aliphatic heterocycles. The highest BCUT2D eigenvalue weighted by Gasteiger charge is 2.27. The first-order chi connectivity index (χ1) is 10.5. The number of benzene rings is 1. The number of ether oxygens (including phenoxy) is 3. The number of carbonyl (C=O) groups is 2. The van der Waals surface area contributed by atoms with E-state index < -0.39 is 18.0 Å². The lowest BCUT2D eigenvalue weighted by molar-refractivity contribution is -0.151. The Morgan fingerprint density at radius 1 is 1.45 bits per heavy atom. The van der Waals surface area contributed by atoms with Gasteiger partial charge in [0.25, 0.3) is 0 Å². The zero-order chi connectivity index (χ0) is 16.1. The molecule has 1 aromatic rings. The van der Waals surface area contributed by atoms with Crippen molar-refractivity contribution < 1.29 is 23.8 Å². The van der Waals surface area contributed by atoms with E-state index in [2.05, 4.69) is 15.9 Å². The summed E-state index contributed by atoms with van der Waals surface area (Å²) in [5.41, 5.74) is 1.13. The van der Waals surface area contributed by atoms with E-state index in [0.717, 1.165) is 4.47 Å². The molecule has 0 saturated carbocycles. The molecule has 0 fully saturated rings. The SMILES string of the molecule is COc1ccc(C2=CC(COC(=O)CCCl)OC2=O)cc1Br. The quantitative estimate of drug-likeness (QED) is 0.553. The van der Waals surface area contributed by atoms with E-state index in [1.165, 1.54) is 0 Å². The van der Waals surface area contributed by atoms with Gasteiger partial charge in [-0.2, -0.15) is 0 Å². The molecule has 0 saturated heterocycles. The summed E-state index contributed by atoms with van der Waals surface area (Å²) in [5, 5.41) is 0. The van der Waals surface area contributed by atoms with E-state index in [0.29, 0.717) is 16.9 Å². The van der Waals surface area contributed by atoms with Crippen LogP contribution in [0.5, 0.6) is 5.75 Å². The molecule has 0 spiro atoms. The van der Waals surface area contributed by atoms with Gasteiger partial charge in [-0.1, -0.05) is 6.07 Å². The first-order valence-electron chi connectivity index (χ1n) is 6.53. The molecule has 0 aliphatic carbocycles. The first-order valence-corrected chi connectivity index (χ1v) is 7.86. The minimum Gasteiger partial charge on any atom is -0.496 e. The molecule has 1 unspecified atom stereocenters. The zero-order valence-corrected chi connectivity index (χ0v) is 14.1. The fourth-order valence-electron chi connectivity index (χ4n) is 1.94. The van der Waals surface area contributed by atoms with E-state index >= 15 is 0 Å². The molecule has 118 valence electrons. The highest BCUT2D eigenvalue weighted by molar-refractivity contribution is 9.10. The number of esters is 2. The van der Waals surface area contributed by atoms with E-state index in [4.69, 9.17) is 25.8 Å². The zero-order valence-electron chi connectivity index (χ0n) is 11.8. The summed E-state index contributed by atoms with van der Waals surface area (Å²) in [6, 6.07) is 5.29. The molecule has 1 heterocycles. The van der Waals surface area contributed by atoms with Gasteiger partial charge < -0.3 is 14.2 Å². The van der Waals surface area contributed by atoms with Gasteiger partial charge in [0.2, 0.25) is 0 Å². The molecule has 1 aromatic carbocycles. The van der Waals surface area contributed by atoms with E-state index in [-0.39, 0.29) is 18.9 Å². The van der Waals surface area contributed by atoms with Crippen LogP contribution >= 0.6 is 27.5 Å². The van der Waals surface area contributed by atoms with Crippen LogP contribution in [0.25, 0.3) is 5.57 Å². The summed E-state index contributed by atoms with van der Waals surface area (Å²) in [6.07, 6.45) is 1.19. The summed E-state index contributed by atoms with van der Waals surface area (Å²) in [4.78, 5) is 23.2. The van der Waals surface area contributed by atoms with Crippen LogP contribution in [-0.4, -0.2) is 37.6 Å². The van der Waals surface area contributed by atoms with Crippen molar-refractivity contribution in [2.24, 2.45) is 0 Å². The topological polar surface area (TPSA) is 61.8 Å². The van der Waals surface area contributed by atoms with Gasteiger partial charge in [-0.3, -0.25) is 4.79 Å². The summed E-state index contributed by atoms with van der Waals surface area (Å²) < 4.78 is 16.0. The Hall–Kier alpha value is -1.53. The molecule has 2 rings (SSSR count). The number of hydrogen-bond donors (Lipinski definition) is 0. The third-order valence-electron chi connectivity index (χ3n) is 3.00. The molecule has 0 amide bonds. The Balaban J connectivity index is 2.07. The smallest absolute Gasteiger partial charge is 0.339 e. The predicted molar refractivity (Wildman–Crippen MR) is 84.8 cm³/mol. The number of halogens is 2. The van der Waals surface area contributed by atoms with Gasteiger partial charge in [0.05, 0.1) is 23.6 Å². The van der Waals surface area contributed by atoms with Crippen LogP contribution in [0.2, 0.25) is 0 Å². The van der Waals surface area contributed by atoms with Crippen LogP contribution in [0, 0.1) is 0 Å². The third kappa shape index (κ3) is 4.01. The minimum atomic E-state index is -0.581. The Labute approximate surface area is 141 Å². The lowest BCUT2D eigenvalue weighted by Gasteiger charge is -2.08. The Morgan fingerprint density at radius 3 is 2.86 bits per heavy atom. The maximum atomic E-state index is 11.9. The lowest BCUT2D eigenvalue weighted by Crippen LogP contribution is -2.18. The van der Waals surface area contributed by atoms with Crippen molar-refractivity contribution in [3.05, 3.63) is 34.3 Å². The van der Waals surface area contributed by atoms with Gasteiger partial charge >= 0.3 is 11.9 Å². The second-order valence-electron chi connectivity index (χ2n) is 4.50. The maximum absolute atomic E-state index is 11.9. The predicted octanol–water partition coefficient (Wildman–Crippen LogP) is 2.94. The largest absolute Gasteiger partial charge is 0.496 e. The molecule has 7 heteroatoms. The Kier molecular flexibility index (Phi) is 5.85. The fourth-order valence-corrected chi connectivity index (χ4v) is 2.64. The van der Waals surface area contributed by atoms with Crippen LogP contribution in [0.15, 0.2) is 28.7 Å². The van der Waals surface area contributed by atoms with Gasteiger partial charge in [0.1, 0.15) is 12.4 Å². The number of rotatable bonds is 6. The minimum absolute atomic E-state index is 0.0116. The third-order valence-corrected chi connectivity index (χ3v) is 3.81. The van der Waals surface area contributed by atoms with Crippen LogP contribution in [0.1, 0.15) is 12.0 Å². The highest BCUT2D eigenvalue weighted by atomic mass is 79.9. The van der Waals surface area contributed by atoms with Gasteiger partial charge in [0, 0.05) is 5.88 Å². The fraction of sp³-hybridized carbons (Fsp3) is 0.333. The molecule has 1 aliphatic rings. The van der Waals surface area contributed by atoms with Crippen LogP contribution in [0.4, 0.5) is 0 Å². The van der Waals surface area contributed by atoms with Gasteiger partial charge in [-0.05, 0) is 39.7 Å². The van der Waals surface area contributed by atoms with Crippen molar-refractivity contribution in [2.45, 2.75) is 12.5 Å². The maximum Gasteiger partial charge on any atom is 0.339 e. The molecule has 0 N–H and O–H groups in total. The summed E-state index contributed by atoms with van der Waals surface area (Å²) in [5.74, 6) is 0.00220. The van der Waals surface area contributed by atoms with E-state index in [9.17, 15) is 9.59 Å². The molecule has 1 atom stereocenters. The molecule has 5 nitrogen and oxygen atoms in total. The lowest BCUT2D eigenvalue weighted by atomic mass is 10.1. The monoisotopic (exact) mass is 388 g/mol. The normalized spacial score (nSPS) is 17.0. The Bertz CT molecular complexity index is 614. The van der Waals surface area contributed by atoms with Crippen molar-refractivity contribution in [1.29, 1.82) is 0 Å². The first kappa shape index (κ1) is 16.8. The highest BCUT2D eigenvalue weighted by Crippen LogP contribution is 2.31. The van der Waals surface area contributed by atoms with E-state index in [1.807, 2.05) is 0 Å². The van der Waals surface area contributed by atoms with Gasteiger partial charge in [-0.15, -0.1) is 11.6 Å². The van der Waals surface area contributed by atoms with Crippen LogP contribution in [0.3, 0.4) is 0 Å². The second kappa shape index (κ2) is 7.65. The standard InChI is InChI=1S/C15H14BrClO5/c1-20-13-3-2-9(6-12(13)16)11-7-10(22-15(11)19)8-21-14(18)4-5-17/h2-3,6-7,10H,4-5,8H2,1H3. The van der Waals surface area contributed by atoms with Crippen LogP contribution in [-0.2, 0) is 19.1 Å². The summed E-state index contributed by atoms with van der Waals surface area (Å²) in [6.45, 7) is -0.0116. The van der Waals surface area contributed by atoms with Gasteiger partial charge in [-0.25, -0.2) is 4.79 Å². The Morgan fingerprint density at radius 2 is 2.23 bits per heavy atom. The molecule has 0 bridgehead atoms. The number of methoxy groups -OCH3 is 1. The molecular formula is C15H14BrClO5. The summed E-state index contributed by atoms with van der Waals surface area (Å²) >= 11 is 8.82. The average molecular weight is 390 g/mol. The molecular weight excluding hydrogens is 376 g/mol. The molecule has 0 radical (unpaired) electrons. The van der Waals surface area contributed by atoms with Crippen LogP contribution < -0.4 is 4.74 Å². The van der Waals surface area contributed by atoms with Crippen molar-refractivity contribution in [3.8, 4) is 5.75 Å². The van der Waals surface area contributed by atoms with Gasteiger partial charge in [0.15, 0.2) is 6.10 Å². The summed E-state index contributed by atoms with van der Waals surface area (Å²) in [7, 11) is 1.56. The molecule has 22 heavy (non-hydrogen) atoms. The number of carbonyl (C=O) groups excluding carboxylic acids is 2. The average Bonchev–Trinajstić information content (AvgIpc) is 2.86.